The second-order valence-corrected chi connectivity index (χ2v) is 12.8. The van der Waals surface area contributed by atoms with E-state index < -0.39 is 24.2 Å². The van der Waals surface area contributed by atoms with Gasteiger partial charge in [0.1, 0.15) is 6.10 Å². The molecule has 5 heteroatoms. The third-order valence-corrected chi connectivity index (χ3v) is 8.54. The van der Waals surface area contributed by atoms with Gasteiger partial charge in [-0.25, -0.2) is 0 Å². The van der Waals surface area contributed by atoms with Crippen LogP contribution in [0.4, 0.5) is 0 Å². The molecule has 0 aliphatic rings. The Balaban J connectivity index is 3.73. The molecule has 43 heavy (non-hydrogen) atoms. The second-order valence-electron chi connectivity index (χ2n) is 12.8. The largest absolute Gasteiger partial charge is 0.394 e. The molecular formula is C38H73NO4. The maximum absolute atomic E-state index is 12.4. The number of carbonyl (C=O) groups is 1. The van der Waals surface area contributed by atoms with Gasteiger partial charge in [0, 0.05) is 0 Å². The fraction of sp³-hybridized carbons (Fsp3) is 0.868. The Labute approximate surface area is 267 Å². The van der Waals surface area contributed by atoms with Gasteiger partial charge in [-0.1, -0.05) is 167 Å². The monoisotopic (exact) mass is 608 g/mol. The fourth-order valence-corrected chi connectivity index (χ4v) is 5.53. The van der Waals surface area contributed by atoms with Crippen molar-refractivity contribution >= 4 is 5.91 Å². The number of amides is 1. The van der Waals surface area contributed by atoms with E-state index in [1.807, 2.05) is 6.08 Å². The van der Waals surface area contributed by atoms with Gasteiger partial charge in [0.2, 0.25) is 5.91 Å². The second kappa shape index (κ2) is 33.7. The third-order valence-electron chi connectivity index (χ3n) is 8.54. The third kappa shape index (κ3) is 29.3. The van der Waals surface area contributed by atoms with Crippen LogP contribution in [-0.2, 0) is 4.79 Å². The summed E-state index contributed by atoms with van der Waals surface area (Å²) in [7, 11) is 0. The molecule has 0 saturated carbocycles. The molecule has 0 aromatic carbocycles. The number of nitrogens with one attached hydrogen (secondary N) is 1. The Morgan fingerprint density at radius 1 is 0.558 bits per heavy atom. The first kappa shape index (κ1) is 41.8. The molecule has 0 heterocycles. The molecule has 0 aromatic heterocycles. The smallest absolute Gasteiger partial charge is 0.249 e. The zero-order valence-electron chi connectivity index (χ0n) is 28.6. The molecule has 0 radical (unpaired) electrons. The van der Waals surface area contributed by atoms with Gasteiger partial charge < -0.3 is 20.6 Å². The van der Waals surface area contributed by atoms with Gasteiger partial charge in [-0.2, -0.15) is 0 Å². The van der Waals surface area contributed by atoms with Crippen LogP contribution in [0.1, 0.15) is 187 Å². The number of aliphatic hydroxyl groups excluding tert-OH is 3. The normalized spacial score (nSPS) is 14.1. The number of unbranched alkanes of at least 4 members (excludes halogenated alkanes) is 23. The quantitative estimate of drug-likeness (QED) is 0.0441. The standard InChI is InChI=1S/C38H73NO4/c1-3-5-7-9-11-13-15-16-17-18-19-20-21-23-24-26-28-30-32-36(41)35(34-40)39-38(43)37(42)33-31-29-27-25-22-14-12-10-8-6-4-2/h12,14,30,32,35-37,40-42H,3-11,13,15-29,31,33-34H2,1-2H3,(H,39,43)/b14-12-,32-30+. The van der Waals surface area contributed by atoms with E-state index in [-0.39, 0.29) is 6.61 Å². The van der Waals surface area contributed by atoms with Crippen molar-refractivity contribution in [3.63, 3.8) is 0 Å². The highest BCUT2D eigenvalue weighted by atomic mass is 16.3. The van der Waals surface area contributed by atoms with Crippen LogP contribution < -0.4 is 5.32 Å². The zero-order chi connectivity index (χ0) is 31.6. The lowest BCUT2D eigenvalue weighted by atomic mass is 10.0. The first-order valence-electron chi connectivity index (χ1n) is 18.7. The molecule has 0 rings (SSSR count). The number of carbonyl (C=O) groups excluding carboxylic acids is 1. The fourth-order valence-electron chi connectivity index (χ4n) is 5.53. The lowest BCUT2D eigenvalue weighted by molar-refractivity contribution is -0.131. The highest BCUT2D eigenvalue weighted by Gasteiger charge is 2.22. The van der Waals surface area contributed by atoms with Gasteiger partial charge in [-0.15, -0.1) is 0 Å². The van der Waals surface area contributed by atoms with Gasteiger partial charge >= 0.3 is 0 Å². The van der Waals surface area contributed by atoms with Crippen LogP contribution in [0.25, 0.3) is 0 Å². The Kier molecular flexibility index (Phi) is 32.8. The number of allylic oxidation sites excluding steroid dienone is 3. The highest BCUT2D eigenvalue weighted by molar-refractivity contribution is 5.80. The minimum atomic E-state index is -1.10. The molecule has 1 amide bonds. The van der Waals surface area contributed by atoms with Crippen molar-refractivity contribution in [2.45, 2.75) is 205 Å². The molecule has 4 N–H and O–H groups in total. The Morgan fingerprint density at radius 2 is 0.930 bits per heavy atom. The van der Waals surface area contributed by atoms with E-state index >= 15 is 0 Å². The molecule has 5 nitrogen and oxygen atoms in total. The van der Waals surface area contributed by atoms with Crippen LogP contribution in [0, 0.1) is 0 Å². The zero-order valence-corrected chi connectivity index (χ0v) is 28.6. The average Bonchev–Trinajstić information content (AvgIpc) is 3.01. The van der Waals surface area contributed by atoms with E-state index in [1.165, 1.54) is 122 Å². The molecule has 0 spiro atoms. The van der Waals surface area contributed by atoms with Gasteiger partial charge in [0.05, 0.1) is 18.8 Å². The number of rotatable bonds is 33. The number of hydrogen-bond donors (Lipinski definition) is 4. The van der Waals surface area contributed by atoms with Crippen LogP contribution >= 0.6 is 0 Å². The minimum Gasteiger partial charge on any atom is -0.394 e. The van der Waals surface area contributed by atoms with Crippen LogP contribution in [0.5, 0.6) is 0 Å². The summed E-state index contributed by atoms with van der Waals surface area (Å²) < 4.78 is 0. The Bertz CT molecular complexity index is 635. The first-order chi connectivity index (χ1) is 21.1. The van der Waals surface area contributed by atoms with Crippen molar-refractivity contribution in [2.24, 2.45) is 0 Å². The molecule has 0 aromatic rings. The van der Waals surface area contributed by atoms with E-state index in [4.69, 9.17) is 0 Å². The summed E-state index contributed by atoms with van der Waals surface area (Å²) in [6.07, 6.45) is 39.1. The molecular weight excluding hydrogens is 534 g/mol. The predicted molar refractivity (Wildman–Crippen MR) is 185 cm³/mol. The van der Waals surface area contributed by atoms with E-state index in [2.05, 4.69) is 31.3 Å². The molecule has 0 aliphatic heterocycles. The molecule has 0 aliphatic carbocycles. The van der Waals surface area contributed by atoms with Crippen molar-refractivity contribution in [3.8, 4) is 0 Å². The van der Waals surface area contributed by atoms with Crippen molar-refractivity contribution in [1.29, 1.82) is 0 Å². The number of aliphatic hydroxyl groups is 3. The van der Waals surface area contributed by atoms with Gasteiger partial charge in [0.25, 0.3) is 0 Å². The van der Waals surface area contributed by atoms with Crippen molar-refractivity contribution in [2.75, 3.05) is 6.61 Å². The van der Waals surface area contributed by atoms with Crippen molar-refractivity contribution < 1.29 is 20.1 Å². The lowest BCUT2D eigenvalue weighted by Crippen LogP contribution is -2.48. The molecule has 3 atom stereocenters. The van der Waals surface area contributed by atoms with Crippen LogP contribution in [0.15, 0.2) is 24.3 Å². The summed E-state index contributed by atoms with van der Waals surface area (Å²) in [6, 6.07) is -0.798. The maximum Gasteiger partial charge on any atom is 0.249 e. The summed E-state index contributed by atoms with van der Waals surface area (Å²) in [5.74, 6) is -0.515. The SMILES string of the molecule is CCCCC/C=C\CCCCCCC(O)C(=O)NC(CO)C(O)/C=C/CCCCCCCCCCCCCCCCCC. The molecule has 0 bridgehead atoms. The summed E-state index contributed by atoms with van der Waals surface area (Å²) in [5, 5.41) is 32.9. The van der Waals surface area contributed by atoms with Crippen molar-refractivity contribution in [1.82, 2.24) is 5.32 Å². The van der Waals surface area contributed by atoms with E-state index in [1.54, 1.807) is 6.08 Å². The summed E-state index contributed by atoms with van der Waals surface area (Å²) in [5.41, 5.74) is 0. The predicted octanol–water partition coefficient (Wildman–Crippen LogP) is 9.87. The van der Waals surface area contributed by atoms with Gasteiger partial charge in [0.15, 0.2) is 0 Å². The summed E-state index contributed by atoms with van der Waals surface area (Å²) in [6.45, 7) is 4.13. The average molecular weight is 608 g/mol. The number of hydrogen-bond acceptors (Lipinski definition) is 4. The minimum absolute atomic E-state index is 0.366. The van der Waals surface area contributed by atoms with Crippen molar-refractivity contribution in [3.05, 3.63) is 24.3 Å². The van der Waals surface area contributed by atoms with Gasteiger partial charge in [-0.05, 0) is 44.9 Å². The Morgan fingerprint density at radius 3 is 1.40 bits per heavy atom. The first-order valence-corrected chi connectivity index (χ1v) is 18.7. The van der Waals surface area contributed by atoms with Gasteiger partial charge in [-0.3, -0.25) is 4.79 Å². The molecule has 254 valence electrons. The summed E-state index contributed by atoms with van der Waals surface area (Å²) in [4.78, 5) is 12.4. The van der Waals surface area contributed by atoms with Crippen LogP contribution in [0.2, 0.25) is 0 Å². The topological polar surface area (TPSA) is 89.8 Å². The lowest BCUT2D eigenvalue weighted by Gasteiger charge is -2.21. The highest BCUT2D eigenvalue weighted by Crippen LogP contribution is 2.14. The maximum atomic E-state index is 12.4. The van der Waals surface area contributed by atoms with E-state index in [9.17, 15) is 20.1 Å². The molecule has 0 saturated heterocycles. The van der Waals surface area contributed by atoms with Crippen LogP contribution in [0.3, 0.4) is 0 Å². The van der Waals surface area contributed by atoms with Crippen LogP contribution in [-0.4, -0.2) is 46.1 Å². The Hall–Kier alpha value is -1.17. The van der Waals surface area contributed by atoms with E-state index in [0.717, 1.165) is 44.9 Å². The molecule has 3 unspecified atom stereocenters. The summed E-state index contributed by atoms with van der Waals surface area (Å²) >= 11 is 0. The molecule has 0 fully saturated rings. The van der Waals surface area contributed by atoms with E-state index in [0.29, 0.717) is 6.42 Å².